The number of rotatable bonds is 12. The first-order valence-corrected chi connectivity index (χ1v) is 13.7. The molecule has 0 aromatic heterocycles. The van der Waals surface area contributed by atoms with Gasteiger partial charge in [-0.3, -0.25) is 9.59 Å². The lowest BCUT2D eigenvalue weighted by Gasteiger charge is -2.33. The number of hydrogen-bond donors (Lipinski definition) is 1. The van der Waals surface area contributed by atoms with E-state index in [-0.39, 0.29) is 31.3 Å². The van der Waals surface area contributed by atoms with Gasteiger partial charge >= 0.3 is 0 Å². The number of ether oxygens (including phenoxy) is 2. The smallest absolute Gasteiger partial charge is 0.247 e. The minimum atomic E-state index is -0.913. The van der Waals surface area contributed by atoms with Crippen LogP contribution >= 0.6 is 0 Å². The van der Waals surface area contributed by atoms with Crippen molar-refractivity contribution in [1.29, 1.82) is 5.26 Å². The first kappa shape index (κ1) is 29.5. The van der Waals surface area contributed by atoms with Crippen LogP contribution in [0, 0.1) is 23.7 Å². The van der Waals surface area contributed by atoms with Crippen LogP contribution in [-0.2, 0) is 22.7 Å². The van der Waals surface area contributed by atoms with Crippen LogP contribution in [0.5, 0.6) is 11.5 Å². The van der Waals surface area contributed by atoms with E-state index < -0.39 is 11.5 Å². The second kappa shape index (κ2) is 12.8. The third-order valence-corrected chi connectivity index (χ3v) is 7.64. The molecule has 1 aliphatic rings. The average Bonchev–Trinajstić information content (AvgIpc) is 3.76. The summed E-state index contributed by atoms with van der Waals surface area (Å²) in [5, 5.41) is 12.8. The molecule has 8 heteroatoms. The molecule has 0 bridgehead atoms. The fraction of sp³-hybridized carbons (Fsp3) is 0.364. The summed E-state index contributed by atoms with van der Waals surface area (Å²) >= 11 is 0. The highest BCUT2D eigenvalue weighted by atomic mass is 16.5. The van der Waals surface area contributed by atoms with Crippen LogP contribution in [-0.4, -0.2) is 45.0 Å². The van der Waals surface area contributed by atoms with Crippen molar-refractivity contribution < 1.29 is 19.1 Å². The molecule has 214 valence electrons. The Morgan fingerprint density at radius 2 is 1.66 bits per heavy atom. The van der Waals surface area contributed by atoms with Crippen LogP contribution in [0.1, 0.15) is 47.6 Å². The molecule has 0 aliphatic heterocycles. The molecule has 3 aromatic rings. The fourth-order valence-corrected chi connectivity index (χ4v) is 4.89. The molecule has 1 saturated carbocycles. The van der Waals surface area contributed by atoms with Crippen molar-refractivity contribution >= 4 is 17.5 Å². The molecule has 1 atom stereocenters. The summed E-state index contributed by atoms with van der Waals surface area (Å²) in [6.45, 7) is 2.41. The van der Waals surface area contributed by atoms with Crippen molar-refractivity contribution in [2.45, 2.75) is 45.3 Å². The number of nitrogens with zero attached hydrogens (tertiary/aromatic N) is 3. The number of hydrogen-bond acceptors (Lipinski definition) is 6. The largest absolute Gasteiger partial charge is 0.497 e. The molecular formula is C33H38N4O4. The molecule has 0 saturated heterocycles. The van der Waals surface area contributed by atoms with Gasteiger partial charge in [0.1, 0.15) is 17.5 Å². The predicted octanol–water partition coefficient (Wildman–Crippen LogP) is 5.16. The van der Waals surface area contributed by atoms with Gasteiger partial charge in [-0.2, -0.15) is 5.26 Å². The summed E-state index contributed by atoms with van der Waals surface area (Å²) in [5.74, 6) is 0.878. The monoisotopic (exact) mass is 554 g/mol. The standard InChI is InChI=1S/C33H38N4O4/c1-23-17-28(41-5)13-14-29(23)31(32(39)35-20-24-9-11-27(40-4)12-10-24)37(30(38)19-33(22-34)15-16-33)21-25-7-6-8-26(18-25)36(2)3/h6-14,17-18,31H,15-16,19-21H2,1-5H3,(H,35,39). The van der Waals surface area contributed by atoms with Crippen LogP contribution < -0.4 is 19.7 Å². The Balaban J connectivity index is 1.73. The van der Waals surface area contributed by atoms with E-state index in [2.05, 4.69) is 11.4 Å². The van der Waals surface area contributed by atoms with E-state index in [4.69, 9.17) is 9.47 Å². The first-order valence-electron chi connectivity index (χ1n) is 13.7. The first-order chi connectivity index (χ1) is 19.7. The van der Waals surface area contributed by atoms with E-state index >= 15 is 0 Å². The minimum absolute atomic E-state index is 0.0777. The second-order valence-corrected chi connectivity index (χ2v) is 10.8. The van der Waals surface area contributed by atoms with Gasteiger partial charge in [0.05, 0.1) is 25.7 Å². The fourth-order valence-electron chi connectivity index (χ4n) is 4.89. The average molecular weight is 555 g/mol. The molecule has 1 N–H and O–H groups in total. The quantitative estimate of drug-likeness (QED) is 0.332. The van der Waals surface area contributed by atoms with E-state index in [0.717, 1.165) is 28.1 Å². The van der Waals surface area contributed by atoms with Gasteiger partial charge in [0.2, 0.25) is 11.8 Å². The van der Waals surface area contributed by atoms with Crippen LogP contribution in [0.15, 0.2) is 66.7 Å². The van der Waals surface area contributed by atoms with Gasteiger partial charge in [-0.05, 0) is 78.4 Å². The van der Waals surface area contributed by atoms with Crippen LogP contribution in [0.2, 0.25) is 0 Å². The van der Waals surface area contributed by atoms with E-state index in [1.165, 1.54) is 0 Å². The zero-order valence-corrected chi connectivity index (χ0v) is 24.4. The molecule has 1 aliphatic carbocycles. The Labute approximate surface area is 242 Å². The van der Waals surface area contributed by atoms with E-state index in [0.29, 0.717) is 24.2 Å². The lowest BCUT2D eigenvalue weighted by molar-refractivity contribution is -0.142. The lowest BCUT2D eigenvalue weighted by atomic mass is 9.96. The Morgan fingerprint density at radius 3 is 2.24 bits per heavy atom. The lowest BCUT2D eigenvalue weighted by Crippen LogP contribution is -2.44. The maximum absolute atomic E-state index is 14.1. The molecule has 3 aromatic carbocycles. The molecule has 0 spiro atoms. The van der Waals surface area contributed by atoms with Crippen LogP contribution in [0.3, 0.4) is 0 Å². The summed E-state index contributed by atoms with van der Waals surface area (Å²) in [7, 11) is 7.12. The molecule has 0 radical (unpaired) electrons. The van der Waals surface area contributed by atoms with Crippen molar-refractivity contribution in [2.75, 3.05) is 33.2 Å². The SMILES string of the molecule is COc1ccc(CNC(=O)C(c2ccc(OC)cc2C)N(Cc2cccc(N(C)C)c2)C(=O)CC2(C#N)CC2)cc1. The predicted molar refractivity (Wildman–Crippen MR) is 159 cm³/mol. The zero-order valence-electron chi connectivity index (χ0n) is 24.4. The third-order valence-electron chi connectivity index (χ3n) is 7.64. The van der Waals surface area contributed by atoms with Gasteiger partial charge in [-0.1, -0.05) is 30.3 Å². The Bertz CT molecular complexity index is 1420. The van der Waals surface area contributed by atoms with Crippen molar-refractivity contribution in [1.82, 2.24) is 10.2 Å². The normalized spacial score (nSPS) is 13.9. The summed E-state index contributed by atoms with van der Waals surface area (Å²) in [5.41, 5.74) is 3.67. The van der Waals surface area contributed by atoms with Gasteiger partial charge in [0.15, 0.2) is 0 Å². The Kier molecular flexibility index (Phi) is 9.18. The van der Waals surface area contributed by atoms with Gasteiger partial charge in [0.25, 0.3) is 0 Å². The molecule has 4 rings (SSSR count). The number of amides is 2. The number of anilines is 1. The number of nitrogens with one attached hydrogen (secondary N) is 1. The number of carbonyl (C=O) groups is 2. The maximum atomic E-state index is 14.1. The Hall–Kier alpha value is -4.51. The van der Waals surface area contributed by atoms with Crippen molar-refractivity contribution in [2.24, 2.45) is 5.41 Å². The molecule has 41 heavy (non-hydrogen) atoms. The van der Waals surface area contributed by atoms with Gasteiger partial charge in [-0.25, -0.2) is 0 Å². The maximum Gasteiger partial charge on any atom is 0.247 e. The topological polar surface area (TPSA) is 94.9 Å². The number of aryl methyl sites for hydroxylation is 1. The number of benzene rings is 3. The number of nitriles is 1. The van der Waals surface area contributed by atoms with Gasteiger partial charge in [0, 0.05) is 39.3 Å². The summed E-state index contributed by atoms with van der Waals surface area (Å²) in [6.07, 6.45) is 1.46. The van der Waals surface area contributed by atoms with Crippen molar-refractivity contribution in [3.05, 3.63) is 89.0 Å². The summed E-state index contributed by atoms with van der Waals surface area (Å²) in [6, 6.07) is 22.3. The third kappa shape index (κ3) is 7.17. The van der Waals surface area contributed by atoms with E-state index in [9.17, 15) is 14.9 Å². The number of carbonyl (C=O) groups excluding carboxylic acids is 2. The van der Waals surface area contributed by atoms with Crippen molar-refractivity contribution in [3.63, 3.8) is 0 Å². The highest BCUT2D eigenvalue weighted by Gasteiger charge is 2.47. The Morgan fingerprint density at radius 1 is 0.976 bits per heavy atom. The van der Waals surface area contributed by atoms with Crippen LogP contribution in [0.25, 0.3) is 0 Å². The van der Waals surface area contributed by atoms with Crippen LogP contribution in [0.4, 0.5) is 5.69 Å². The molecule has 1 unspecified atom stereocenters. The second-order valence-electron chi connectivity index (χ2n) is 10.8. The summed E-state index contributed by atoms with van der Waals surface area (Å²) < 4.78 is 10.7. The molecule has 1 fully saturated rings. The van der Waals surface area contributed by atoms with Gasteiger partial charge < -0.3 is 24.6 Å². The van der Waals surface area contributed by atoms with E-state index in [1.807, 2.05) is 86.6 Å². The van der Waals surface area contributed by atoms with E-state index in [1.54, 1.807) is 25.2 Å². The van der Waals surface area contributed by atoms with Gasteiger partial charge in [-0.15, -0.1) is 0 Å². The highest BCUT2D eigenvalue weighted by Crippen LogP contribution is 2.49. The zero-order chi connectivity index (χ0) is 29.6. The molecule has 2 amide bonds. The summed E-state index contributed by atoms with van der Waals surface area (Å²) in [4.78, 5) is 31.7. The molecule has 8 nitrogen and oxygen atoms in total. The molecular weight excluding hydrogens is 516 g/mol. The highest BCUT2D eigenvalue weighted by molar-refractivity contribution is 5.89. The van der Waals surface area contributed by atoms with Crippen molar-refractivity contribution in [3.8, 4) is 17.6 Å². The minimum Gasteiger partial charge on any atom is -0.497 e. The number of methoxy groups -OCH3 is 2. The molecule has 0 heterocycles.